The monoisotopic (exact) mass is 296 g/mol. The third-order valence-corrected chi connectivity index (χ3v) is 4.39. The number of carbonyl (C=O) groups excluding carboxylic acids is 2. The highest BCUT2D eigenvalue weighted by molar-refractivity contribution is 5.97. The Morgan fingerprint density at radius 2 is 2.10 bits per heavy atom. The second kappa shape index (κ2) is 7.25. The van der Waals surface area contributed by atoms with Crippen molar-refractivity contribution in [1.29, 1.82) is 0 Å². The summed E-state index contributed by atoms with van der Waals surface area (Å²) in [7, 11) is 0. The molecule has 0 radical (unpaired) electrons. The first-order chi connectivity index (χ1) is 10.0. The topological polar surface area (TPSA) is 58.6 Å². The number of ether oxygens (including phenoxy) is 1. The predicted octanol–water partition coefficient (Wildman–Crippen LogP) is 1.71. The van der Waals surface area contributed by atoms with Crippen molar-refractivity contribution in [1.82, 2.24) is 10.2 Å². The summed E-state index contributed by atoms with van der Waals surface area (Å²) in [5, 5.41) is 2.89. The average molecular weight is 296 g/mol. The molecule has 2 saturated heterocycles. The number of amides is 2. The van der Waals surface area contributed by atoms with Crippen LogP contribution in [0.25, 0.3) is 0 Å². The molecular formula is C16H28N2O3. The van der Waals surface area contributed by atoms with Crippen molar-refractivity contribution in [2.75, 3.05) is 13.2 Å². The van der Waals surface area contributed by atoms with Gasteiger partial charge in [-0.25, -0.2) is 0 Å². The van der Waals surface area contributed by atoms with Crippen LogP contribution in [0.3, 0.4) is 0 Å². The third kappa shape index (κ3) is 3.76. The van der Waals surface area contributed by atoms with Gasteiger partial charge in [0.15, 0.2) is 0 Å². The predicted molar refractivity (Wildman–Crippen MR) is 80.8 cm³/mol. The second-order valence-electron chi connectivity index (χ2n) is 6.52. The molecule has 0 saturated carbocycles. The molecule has 2 heterocycles. The van der Waals surface area contributed by atoms with Gasteiger partial charge in [-0.3, -0.25) is 9.59 Å². The van der Waals surface area contributed by atoms with Gasteiger partial charge in [-0.1, -0.05) is 27.2 Å². The zero-order valence-electron chi connectivity index (χ0n) is 13.4. The van der Waals surface area contributed by atoms with Crippen molar-refractivity contribution in [2.45, 2.75) is 71.1 Å². The van der Waals surface area contributed by atoms with E-state index in [1.807, 2.05) is 20.8 Å². The van der Waals surface area contributed by atoms with Crippen LogP contribution in [0.5, 0.6) is 0 Å². The minimum Gasteiger partial charge on any atom is -0.376 e. The van der Waals surface area contributed by atoms with Crippen LogP contribution in [0, 0.1) is 5.92 Å². The lowest BCUT2D eigenvalue weighted by Crippen LogP contribution is -2.65. The molecule has 1 N–H and O–H groups in total. The van der Waals surface area contributed by atoms with Gasteiger partial charge >= 0.3 is 0 Å². The van der Waals surface area contributed by atoms with Crippen LogP contribution in [0.15, 0.2) is 0 Å². The van der Waals surface area contributed by atoms with E-state index in [0.29, 0.717) is 13.0 Å². The smallest absolute Gasteiger partial charge is 0.245 e. The van der Waals surface area contributed by atoms with E-state index in [9.17, 15) is 9.59 Å². The molecule has 2 amide bonds. The molecule has 0 aromatic rings. The number of nitrogens with one attached hydrogen (secondary N) is 1. The van der Waals surface area contributed by atoms with E-state index in [0.717, 1.165) is 32.3 Å². The van der Waals surface area contributed by atoms with Gasteiger partial charge in [0, 0.05) is 13.2 Å². The van der Waals surface area contributed by atoms with Crippen LogP contribution < -0.4 is 5.32 Å². The molecule has 2 fully saturated rings. The SMILES string of the molecule is CCCC1NC(=O)C(C(C)C)N(CC2CCCCO2)C1=O. The second-order valence-corrected chi connectivity index (χ2v) is 6.52. The molecule has 2 rings (SSSR count). The van der Waals surface area contributed by atoms with Crippen LogP contribution in [-0.4, -0.2) is 48.1 Å². The molecule has 2 aliphatic heterocycles. The van der Waals surface area contributed by atoms with Crippen LogP contribution in [-0.2, 0) is 14.3 Å². The summed E-state index contributed by atoms with van der Waals surface area (Å²) >= 11 is 0. The van der Waals surface area contributed by atoms with E-state index in [1.54, 1.807) is 4.90 Å². The molecule has 5 nitrogen and oxygen atoms in total. The van der Waals surface area contributed by atoms with Crippen LogP contribution in [0.4, 0.5) is 0 Å². The van der Waals surface area contributed by atoms with Gasteiger partial charge in [-0.05, 0) is 31.6 Å². The summed E-state index contributed by atoms with van der Waals surface area (Å²) < 4.78 is 5.76. The number of nitrogens with zero attached hydrogens (tertiary/aromatic N) is 1. The summed E-state index contributed by atoms with van der Waals surface area (Å²) in [6.45, 7) is 7.33. The molecule has 2 aliphatic rings. The number of rotatable bonds is 5. The van der Waals surface area contributed by atoms with Crippen molar-refractivity contribution in [2.24, 2.45) is 5.92 Å². The van der Waals surface area contributed by atoms with E-state index < -0.39 is 0 Å². The zero-order valence-corrected chi connectivity index (χ0v) is 13.4. The standard InChI is InChI=1S/C16H28N2O3/c1-4-7-13-16(20)18(10-12-8-5-6-9-21-12)14(11(2)3)15(19)17-13/h11-14H,4-10H2,1-3H3,(H,17,19). The largest absolute Gasteiger partial charge is 0.376 e. The number of hydrogen-bond acceptors (Lipinski definition) is 3. The Morgan fingerprint density at radius 3 is 2.67 bits per heavy atom. The third-order valence-electron chi connectivity index (χ3n) is 4.39. The van der Waals surface area contributed by atoms with Crippen LogP contribution in [0.1, 0.15) is 52.9 Å². The molecule has 5 heteroatoms. The first kappa shape index (κ1) is 16.3. The highest BCUT2D eigenvalue weighted by Gasteiger charge is 2.42. The van der Waals surface area contributed by atoms with Crippen LogP contribution in [0.2, 0.25) is 0 Å². The van der Waals surface area contributed by atoms with Gasteiger partial charge in [0.1, 0.15) is 12.1 Å². The Kier molecular flexibility index (Phi) is 5.62. The molecule has 0 aromatic carbocycles. The van der Waals surface area contributed by atoms with Crippen molar-refractivity contribution in [3.63, 3.8) is 0 Å². The number of piperazine rings is 1. The van der Waals surface area contributed by atoms with Crippen LogP contribution >= 0.6 is 0 Å². The van der Waals surface area contributed by atoms with Gasteiger partial charge < -0.3 is 15.0 Å². The molecule has 3 unspecified atom stereocenters. The Balaban J connectivity index is 2.12. The Hall–Kier alpha value is -1.10. The van der Waals surface area contributed by atoms with Crippen molar-refractivity contribution in [3.05, 3.63) is 0 Å². The lowest BCUT2D eigenvalue weighted by atomic mass is 9.94. The van der Waals surface area contributed by atoms with E-state index in [2.05, 4.69) is 5.32 Å². The first-order valence-electron chi connectivity index (χ1n) is 8.27. The lowest BCUT2D eigenvalue weighted by Gasteiger charge is -2.42. The Bertz CT molecular complexity index is 378. The summed E-state index contributed by atoms with van der Waals surface area (Å²) in [6.07, 6.45) is 4.89. The molecule has 0 aliphatic carbocycles. The van der Waals surface area contributed by atoms with Gasteiger partial charge in [-0.15, -0.1) is 0 Å². The van der Waals surface area contributed by atoms with E-state index in [1.165, 1.54) is 0 Å². The van der Waals surface area contributed by atoms with Crippen molar-refractivity contribution in [3.8, 4) is 0 Å². The molecule has 120 valence electrons. The number of hydrogen-bond donors (Lipinski definition) is 1. The Labute approximate surface area is 127 Å². The summed E-state index contributed by atoms with van der Waals surface area (Å²) in [5.41, 5.74) is 0. The normalized spacial score (nSPS) is 30.7. The molecule has 0 aromatic heterocycles. The maximum Gasteiger partial charge on any atom is 0.245 e. The van der Waals surface area contributed by atoms with Gasteiger partial charge in [0.05, 0.1) is 6.10 Å². The average Bonchev–Trinajstić information content (AvgIpc) is 2.45. The fraction of sp³-hybridized carbons (Fsp3) is 0.875. The minimum absolute atomic E-state index is 0.0149. The van der Waals surface area contributed by atoms with Gasteiger partial charge in [0.2, 0.25) is 11.8 Å². The molecule has 0 bridgehead atoms. The zero-order chi connectivity index (χ0) is 15.4. The van der Waals surface area contributed by atoms with Gasteiger partial charge in [0.25, 0.3) is 0 Å². The molecule has 0 spiro atoms. The highest BCUT2D eigenvalue weighted by Crippen LogP contribution is 2.22. The summed E-state index contributed by atoms with van der Waals surface area (Å²) in [4.78, 5) is 26.9. The maximum atomic E-state index is 12.7. The minimum atomic E-state index is -0.365. The maximum absolute atomic E-state index is 12.7. The fourth-order valence-corrected chi connectivity index (χ4v) is 3.32. The quantitative estimate of drug-likeness (QED) is 0.840. The van der Waals surface area contributed by atoms with Crippen molar-refractivity contribution < 1.29 is 14.3 Å². The fourth-order valence-electron chi connectivity index (χ4n) is 3.32. The highest BCUT2D eigenvalue weighted by atomic mass is 16.5. The van der Waals surface area contributed by atoms with E-state index in [-0.39, 0.29) is 35.9 Å². The molecular weight excluding hydrogens is 268 g/mol. The first-order valence-corrected chi connectivity index (χ1v) is 8.27. The van der Waals surface area contributed by atoms with E-state index >= 15 is 0 Å². The molecule has 21 heavy (non-hydrogen) atoms. The van der Waals surface area contributed by atoms with Crippen molar-refractivity contribution >= 4 is 11.8 Å². The molecule has 3 atom stereocenters. The summed E-state index contributed by atoms with van der Waals surface area (Å²) in [6, 6.07) is -0.725. The van der Waals surface area contributed by atoms with E-state index in [4.69, 9.17) is 4.74 Å². The Morgan fingerprint density at radius 1 is 1.33 bits per heavy atom. The number of carbonyl (C=O) groups is 2. The summed E-state index contributed by atoms with van der Waals surface area (Å²) in [5.74, 6) is 0.156. The van der Waals surface area contributed by atoms with Gasteiger partial charge in [-0.2, -0.15) is 0 Å². The lowest BCUT2D eigenvalue weighted by molar-refractivity contribution is -0.154.